The van der Waals surface area contributed by atoms with E-state index in [2.05, 4.69) is 4.74 Å². The number of methoxy groups -OCH3 is 1. The molecule has 1 aromatic carbocycles. The first-order valence-corrected chi connectivity index (χ1v) is 5.21. The highest BCUT2D eigenvalue weighted by atomic mass is 19.1. The van der Waals surface area contributed by atoms with Crippen molar-refractivity contribution >= 4 is 5.97 Å². The molecular weight excluding hydrogens is 227 g/mol. The predicted molar refractivity (Wildman–Crippen MR) is 59.4 cm³/mol. The lowest BCUT2D eigenvalue weighted by atomic mass is 10.1. The van der Waals surface area contributed by atoms with Crippen molar-refractivity contribution in [2.24, 2.45) is 0 Å². The first-order valence-electron chi connectivity index (χ1n) is 5.21. The van der Waals surface area contributed by atoms with Gasteiger partial charge in [0.25, 0.3) is 0 Å². The molecule has 94 valence electrons. The minimum Gasteiger partial charge on any atom is -0.496 e. The van der Waals surface area contributed by atoms with Crippen molar-refractivity contribution in [1.29, 1.82) is 0 Å². The van der Waals surface area contributed by atoms with Crippen molar-refractivity contribution < 1.29 is 23.8 Å². The van der Waals surface area contributed by atoms with Crippen LogP contribution in [0.3, 0.4) is 0 Å². The minimum atomic E-state index is -1.40. The average Bonchev–Trinajstić information content (AvgIpc) is 2.37. The molecule has 1 aromatic rings. The Balaban J connectivity index is 2.95. The number of halogens is 1. The molecule has 1 rings (SSSR count). The molecule has 17 heavy (non-hydrogen) atoms. The quantitative estimate of drug-likeness (QED) is 0.799. The van der Waals surface area contributed by atoms with Crippen molar-refractivity contribution in [3.05, 3.63) is 29.3 Å². The van der Waals surface area contributed by atoms with Crippen molar-refractivity contribution in [1.82, 2.24) is 0 Å². The van der Waals surface area contributed by atoms with Crippen LogP contribution >= 0.6 is 0 Å². The molecule has 0 amide bonds. The summed E-state index contributed by atoms with van der Waals surface area (Å²) in [5.41, 5.74) is 0.574. The number of carbonyl (C=O) groups is 1. The van der Waals surface area contributed by atoms with Crippen LogP contribution in [-0.2, 0) is 16.2 Å². The maximum absolute atomic E-state index is 12.7. The summed E-state index contributed by atoms with van der Waals surface area (Å²) in [6, 6.07) is 4.40. The molecule has 1 atom stereocenters. The number of aliphatic hydroxyl groups excluding tert-OH is 1. The van der Waals surface area contributed by atoms with E-state index in [4.69, 9.17) is 4.74 Å². The molecule has 0 aliphatic carbocycles. The summed E-state index contributed by atoms with van der Waals surface area (Å²) >= 11 is 0. The van der Waals surface area contributed by atoms with E-state index < -0.39 is 18.7 Å². The van der Waals surface area contributed by atoms with Crippen LogP contribution in [0.4, 0.5) is 4.39 Å². The van der Waals surface area contributed by atoms with Gasteiger partial charge in [-0.05, 0) is 24.6 Å². The van der Waals surface area contributed by atoms with Crippen LogP contribution in [0.5, 0.6) is 5.75 Å². The van der Waals surface area contributed by atoms with Crippen LogP contribution < -0.4 is 4.74 Å². The Labute approximate surface area is 99.0 Å². The molecule has 0 spiro atoms. The lowest BCUT2D eigenvalue weighted by molar-refractivity contribution is -0.153. The van der Waals surface area contributed by atoms with Gasteiger partial charge in [-0.3, -0.25) is 0 Å². The number of carbonyl (C=O) groups excluding carboxylic acids is 1. The normalized spacial score (nSPS) is 12.0. The lowest BCUT2D eigenvalue weighted by Crippen LogP contribution is -2.15. The number of rotatable bonds is 5. The molecule has 0 aliphatic heterocycles. The van der Waals surface area contributed by atoms with Gasteiger partial charge in [-0.2, -0.15) is 0 Å². The fraction of sp³-hybridized carbons (Fsp3) is 0.417. The molecule has 0 saturated carbocycles. The van der Waals surface area contributed by atoms with Gasteiger partial charge in [0.15, 0.2) is 6.10 Å². The Morgan fingerprint density at radius 2 is 2.24 bits per heavy atom. The van der Waals surface area contributed by atoms with Crippen LogP contribution in [0.25, 0.3) is 0 Å². The van der Waals surface area contributed by atoms with E-state index in [9.17, 15) is 14.3 Å². The van der Waals surface area contributed by atoms with Gasteiger partial charge in [-0.15, -0.1) is 0 Å². The molecule has 0 aliphatic rings. The zero-order chi connectivity index (χ0) is 12.8. The SMILES string of the molecule is CCOC(=O)C(O)c1ccc(OC)c(CF)c1. The van der Waals surface area contributed by atoms with Gasteiger partial charge in [-0.25, -0.2) is 9.18 Å². The van der Waals surface area contributed by atoms with E-state index in [0.717, 1.165) is 0 Å². The molecule has 0 aromatic heterocycles. The Hall–Kier alpha value is -1.62. The van der Waals surface area contributed by atoms with Crippen molar-refractivity contribution in [3.8, 4) is 5.75 Å². The molecule has 0 saturated heterocycles. The highest BCUT2D eigenvalue weighted by Gasteiger charge is 2.19. The van der Waals surface area contributed by atoms with Crippen LogP contribution in [0.1, 0.15) is 24.2 Å². The van der Waals surface area contributed by atoms with E-state index in [-0.39, 0.29) is 17.7 Å². The lowest BCUT2D eigenvalue weighted by Gasteiger charge is -2.12. The zero-order valence-electron chi connectivity index (χ0n) is 9.77. The monoisotopic (exact) mass is 242 g/mol. The first kappa shape index (κ1) is 13.4. The molecule has 5 heteroatoms. The third kappa shape index (κ3) is 3.17. The summed E-state index contributed by atoms with van der Waals surface area (Å²) in [6.07, 6.45) is -1.40. The molecule has 0 fully saturated rings. The molecule has 0 radical (unpaired) electrons. The summed E-state index contributed by atoms with van der Waals surface area (Å²) in [7, 11) is 1.43. The Morgan fingerprint density at radius 3 is 2.76 bits per heavy atom. The average molecular weight is 242 g/mol. The molecule has 0 bridgehead atoms. The first-order chi connectivity index (χ1) is 8.13. The second-order valence-corrected chi connectivity index (χ2v) is 3.36. The zero-order valence-corrected chi connectivity index (χ0v) is 9.77. The van der Waals surface area contributed by atoms with Crippen molar-refractivity contribution in [3.63, 3.8) is 0 Å². The van der Waals surface area contributed by atoms with E-state index in [1.54, 1.807) is 6.92 Å². The fourth-order valence-electron chi connectivity index (χ4n) is 1.43. The predicted octanol–water partition coefficient (Wildman–Crippen LogP) is 1.76. The maximum Gasteiger partial charge on any atom is 0.339 e. The largest absolute Gasteiger partial charge is 0.496 e. The summed E-state index contributed by atoms with van der Waals surface area (Å²) < 4.78 is 22.3. The molecule has 0 heterocycles. The van der Waals surface area contributed by atoms with Crippen molar-refractivity contribution in [2.45, 2.75) is 19.7 Å². The van der Waals surface area contributed by atoms with E-state index in [1.165, 1.54) is 25.3 Å². The van der Waals surface area contributed by atoms with Gasteiger partial charge in [0.05, 0.1) is 13.7 Å². The number of aliphatic hydroxyl groups is 1. The molecular formula is C12H15FO4. The topological polar surface area (TPSA) is 55.8 Å². The van der Waals surface area contributed by atoms with Gasteiger partial charge < -0.3 is 14.6 Å². The van der Waals surface area contributed by atoms with Gasteiger partial charge >= 0.3 is 5.97 Å². The summed E-state index contributed by atoms with van der Waals surface area (Å²) in [5.74, 6) is -0.366. The van der Waals surface area contributed by atoms with Crippen LogP contribution in [-0.4, -0.2) is 24.8 Å². The maximum atomic E-state index is 12.7. The van der Waals surface area contributed by atoms with E-state index in [1.807, 2.05) is 0 Å². The second-order valence-electron chi connectivity index (χ2n) is 3.36. The van der Waals surface area contributed by atoms with E-state index >= 15 is 0 Å². The van der Waals surface area contributed by atoms with E-state index in [0.29, 0.717) is 5.75 Å². The smallest absolute Gasteiger partial charge is 0.339 e. The number of hydrogen-bond donors (Lipinski definition) is 1. The highest BCUT2D eigenvalue weighted by Crippen LogP contribution is 2.24. The fourth-order valence-corrected chi connectivity index (χ4v) is 1.43. The number of esters is 1. The van der Waals surface area contributed by atoms with Crippen LogP contribution in [0.15, 0.2) is 18.2 Å². The Bertz CT molecular complexity index is 392. The summed E-state index contributed by atoms with van der Waals surface area (Å²) in [5, 5.41) is 9.67. The second kappa shape index (κ2) is 6.20. The molecule has 1 unspecified atom stereocenters. The number of ether oxygens (including phenoxy) is 2. The van der Waals surface area contributed by atoms with Gasteiger partial charge in [0.1, 0.15) is 12.4 Å². The van der Waals surface area contributed by atoms with Gasteiger partial charge in [0.2, 0.25) is 0 Å². The minimum absolute atomic E-state index is 0.183. The number of hydrogen-bond acceptors (Lipinski definition) is 4. The third-order valence-corrected chi connectivity index (χ3v) is 2.27. The Kier molecular flexibility index (Phi) is 4.90. The number of benzene rings is 1. The third-order valence-electron chi connectivity index (χ3n) is 2.27. The molecule has 4 nitrogen and oxygen atoms in total. The highest BCUT2D eigenvalue weighted by molar-refractivity contribution is 5.76. The summed E-state index contributed by atoms with van der Waals surface area (Å²) in [6.45, 7) is 1.10. The summed E-state index contributed by atoms with van der Waals surface area (Å²) in [4.78, 5) is 11.3. The standard InChI is InChI=1S/C12H15FO4/c1-3-17-12(15)11(14)8-4-5-10(16-2)9(6-8)7-13/h4-6,11,14H,3,7H2,1-2H3. The number of alkyl halides is 1. The van der Waals surface area contributed by atoms with Gasteiger partial charge in [-0.1, -0.05) is 6.07 Å². The van der Waals surface area contributed by atoms with Crippen LogP contribution in [0.2, 0.25) is 0 Å². The van der Waals surface area contributed by atoms with Crippen molar-refractivity contribution in [2.75, 3.05) is 13.7 Å². The Morgan fingerprint density at radius 1 is 1.53 bits per heavy atom. The van der Waals surface area contributed by atoms with Gasteiger partial charge in [0, 0.05) is 5.56 Å². The molecule has 1 N–H and O–H groups in total. The van der Waals surface area contributed by atoms with Crippen LogP contribution in [0, 0.1) is 0 Å².